The van der Waals surface area contributed by atoms with E-state index in [4.69, 9.17) is 10.8 Å². The molecule has 0 saturated carbocycles. The average molecular weight is 201 g/mol. The lowest BCUT2D eigenvalue weighted by Crippen LogP contribution is -2.15. The summed E-state index contributed by atoms with van der Waals surface area (Å²) in [5.41, 5.74) is 6.11. The fourth-order valence-electron chi connectivity index (χ4n) is 0.581. The van der Waals surface area contributed by atoms with Gasteiger partial charge in [-0.2, -0.15) is 0 Å². The fraction of sp³-hybridized carbons (Fsp3) is 0.700. The lowest BCUT2D eigenvalue weighted by atomic mass is 10.4. The molecular formula is C10H23N3O. The molecule has 4 N–H and O–H groups in total. The zero-order valence-electron chi connectivity index (χ0n) is 9.67. The molecule has 0 rings (SSSR count). The van der Waals surface area contributed by atoms with E-state index in [1.54, 1.807) is 13.1 Å². The van der Waals surface area contributed by atoms with Crippen LogP contribution in [-0.2, 0) is 0 Å². The number of amidine groups is 1. The van der Waals surface area contributed by atoms with E-state index in [0.717, 1.165) is 5.84 Å². The van der Waals surface area contributed by atoms with Crippen molar-refractivity contribution in [1.29, 1.82) is 0 Å². The van der Waals surface area contributed by atoms with Gasteiger partial charge in [-0.05, 0) is 20.3 Å². The zero-order chi connectivity index (χ0) is 11.4. The number of allylic oxidation sites excluding steroid dienone is 1. The Balaban J connectivity index is 0. The maximum atomic E-state index is 8.48. The molecule has 0 aromatic rings. The van der Waals surface area contributed by atoms with Gasteiger partial charge in [0.2, 0.25) is 0 Å². The summed E-state index contributed by atoms with van der Waals surface area (Å²) in [5, 5.41) is 11.4. The van der Waals surface area contributed by atoms with Crippen LogP contribution in [-0.4, -0.2) is 24.1 Å². The number of hydrogen-bond acceptors (Lipinski definition) is 3. The van der Waals surface area contributed by atoms with Gasteiger partial charge in [0, 0.05) is 25.0 Å². The SMILES string of the molecule is CC.CC(=NCCCO)N/C=C(\C)N. The third kappa shape index (κ3) is 13.6. The van der Waals surface area contributed by atoms with E-state index < -0.39 is 0 Å². The van der Waals surface area contributed by atoms with Crippen molar-refractivity contribution in [3.8, 4) is 0 Å². The topological polar surface area (TPSA) is 70.6 Å². The van der Waals surface area contributed by atoms with E-state index in [9.17, 15) is 0 Å². The van der Waals surface area contributed by atoms with E-state index in [0.29, 0.717) is 18.7 Å². The molecule has 14 heavy (non-hydrogen) atoms. The van der Waals surface area contributed by atoms with E-state index in [1.165, 1.54) is 0 Å². The molecule has 0 aromatic heterocycles. The van der Waals surface area contributed by atoms with Crippen molar-refractivity contribution in [2.24, 2.45) is 10.7 Å². The Bertz CT molecular complexity index is 172. The maximum Gasteiger partial charge on any atom is 0.0971 e. The summed E-state index contributed by atoms with van der Waals surface area (Å²) in [6.07, 6.45) is 2.39. The molecule has 4 heteroatoms. The number of aliphatic imine (C=N–C) groups is 1. The number of rotatable bonds is 4. The van der Waals surface area contributed by atoms with E-state index in [2.05, 4.69) is 10.3 Å². The molecule has 0 aliphatic carbocycles. The highest BCUT2D eigenvalue weighted by Crippen LogP contribution is 1.81. The van der Waals surface area contributed by atoms with Crippen molar-refractivity contribution < 1.29 is 5.11 Å². The Morgan fingerprint density at radius 3 is 2.43 bits per heavy atom. The Morgan fingerprint density at radius 2 is 2.00 bits per heavy atom. The van der Waals surface area contributed by atoms with Crippen LogP contribution < -0.4 is 11.1 Å². The number of nitrogens with two attached hydrogens (primary N) is 1. The normalized spacial score (nSPS) is 11.8. The van der Waals surface area contributed by atoms with E-state index in [1.807, 2.05) is 20.8 Å². The lowest BCUT2D eigenvalue weighted by molar-refractivity contribution is 0.291. The van der Waals surface area contributed by atoms with Crippen molar-refractivity contribution >= 4 is 5.84 Å². The zero-order valence-corrected chi connectivity index (χ0v) is 9.67. The van der Waals surface area contributed by atoms with Crippen LogP contribution >= 0.6 is 0 Å². The van der Waals surface area contributed by atoms with Crippen molar-refractivity contribution in [1.82, 2.24) is 5.32 Å². The Labute approximate surface area is 86.9 Å². The molecule has 0 unspecified atom stereocenters. The third-order valence-corrected chi connectivity index (χ3v) is 1.17. The van der Waals surface area contributed by atoms with E-state index in [-0.39, 0.29) is 6.61 Å². The molecule has 0 radical (unpaired) electrons. The van der Waals surface area contributed by atoms with Crippen molar-refractivity contribution in [3.05, 3.63) is 11.9 Å². The van der Waals surface area contributed by atoms with Crippen LogP contribution in [0.3, 0.4) is 0 Å². The third-order valence-electron chi connectivity index (χ3n) is 1.17. The fourth-order valence-corrected chi connectivity index (χ4v) is 0.581. The molecule has 84 valence electrons. The number of nitrogens with zero attached hydrogens (tertiary/aromatic N) is 1. The molecule has 0 aliphatic heterocycles. The Morgan fingerprint density at radius 1 is 1.43 bits per heavy atom. The molecule has 0 aromatic carbocycles. The highest BCUT2D eigenvalue weighted by molar-refractivity contribution is 5.80. The number of hydrogen-bond donors (Lipinski definition) is 3. The predicted molar refractivity (Wildman–Crippen MR) is 62.1 cm³/mol. The van der Waals surface area contributed by atoms with Gasteiger partial charge in [-0.3, -0.25) is 4.99 Å². The molecule has 0 fully saturated rings. The van der Waals surface area contributed by atoms with Gasteiger partial charge >= 0.3 is 0 Å². The van der Waals surface area contributed by atoms with Gasteiger partial charge < -0.3 is 16.2 Å². The van der Waals surface area contributed by atoms with Crippen molar-refractivity contribution in [2.75, 3.05) is 13.2 Å². The van der Waals surface area contributed by atoms with Crippen LogP contribution in [0, 0.1) is 0 Å². The van der Waals surface area contributed by atoms with Crippen LogP contribution in [0.4, 0.5) is 0 Å². The second-order valence-electron chi connectivity index (χ2n) is 2.58. The second-order valence-corrected chi connectivity index (χ2v) is 2.58. The summed E-state index contributed by atoms with van der Waals surface area (Å²) >= 11 is 0. The molecule has 0 heterocycles. The summed E-state index contributed by atoms with van der Waals surface area (Å²) in [4.78, 5) is 4.13. The van der Waals surface area contributed by atoms with Gasteiger partial charge in [-0.15, -0.1) is 0 Å². The van der Waals surface area contributed by atoms with Crippen LogP contribution in [0.2, 0.25) is 0 Å². The largest absolute Gasteiger partial charge is 0.401 e. The average Bonchev–Trinajstić information content (AvgIpc) is 2.18. The van der Waals surface area contributed by atoms with Gasteiger partial charge in [0.15, 0.2) is 0 Å². The van der Waals surface area contributed by atoms with Gasteiger partial charge in [0.1, 0.15) is 0 Å². The van der Waals surface area contributed by atoms with Gasteiger partial charge in [-0.25, -0.2) is 0 Å². The molecule has 0 bridgehead atoms. The molecule has 0 spiro atoms. The first-order valence-corrected chi connectivity index (χ1v) is 4.97. The Hall–Kier alpha value is -1.03. The molecule has 0 amide bonds. The minimum atomic E-state index is 0.183. The van der Waals surface area contributed by atoms with Gasteiger partial charge in [0.25, 0.3) is 0 Å². The summed E-state index contributed by atoms with van der Waals surface area (Å²) in [6.45, 7) is 8.49. The van der Waals surface area contributed by atoms with Crippen LogP contribution in [0.1, 0.15) is 34.1 Å². The smallest absolute Gasteiger partial charge is 0.0971 e. The lowest BCUT2D eigenvalue weighted by Gasteiger charge is -1.99. The highest BCUT2D eigenvalue weighted by Gasteiger charge is 1.85. The number of aliphatic hydroxyl groups excluding tert-OH is 1. The van der Waals surface area contributed by atoms with Crippen LogP contribution in [0.25, 0.3) is 0 Å². The van der Waals surface area contributed by atoms with Crippen LogP contribution in [0.5, 0.6) is 0 Å². The summed E-state index contributed by atoms with van der Waals surface area (Å²) < 4.78 is 0. The minimum absolute atomic E-state index is 0.183. The minimum Gasteiger partial charge on any atom is -0.401 e. The van der Waals surface area contributed by atoms with Crippen molar-refractivity contribution in [2.45, 2.75) is 34.1 Å². The summed E-state index contributed by atoms with van der Waals surface area (Å²) in [6, 6.07) is 0. The van der Waals surface area contributed by atoms with Crippen LogP contribution in [0.15, 0.2) is 16.9 Å². The van der Waals surface area contributed by atoms with Crippen molar-refractivity contribution in [3.63, 3.8) is 0 Å². The first-order chi connectivity index (χ1) is 6.66. The number of aliphatic hydroxyl groups is 1. The van der Waals surface area contributed by atoms with Gasteiger partial charge in [0.05, 0.1) is 5.84 Å². The number of nitrogens with one attached hydrogen (secondary N) is 1. The molecule has 0 atom stereocenters. The molecule has 0 saturated heterocycles. The highest BCUT2D eigenvalue weighted by atomic mass is 16.3. The summed E-state index contributed by atoms with van der Waals surface area (Å²) in [5.74, 6) is 0.813. The quantitative estimate of drug-likeness (QED) is 0.364. The molecular weight excluding hydrogens is 178 g/mol. The standard InChI is InChI=1S/C8H17N3O.C2H6/c1-7(9)6-11-8(2)10-4-3-5-12;1-2/h6,12H,3-5,9H2,1-2H3,(H,10,11);1-2H3/b7-6+;. The Kier molecular flexibility index (Phi) is 13.2. The maximum absolute atomic E-state index is 8.48. The first kappa shape index (κ1) is 15.4. The second kappa shape index (κ2) is 12.0. The van der Waals surface area contributed by atoms with E-state index >= 15 is 0 Å². The predicted octanol–water partition coefficient (Wildman–Crippen LogP) is 1.22. The monoisotopic (exact) mass is 201 g/mol. The summed E-state index contributed by atoms with van der Waals surface area (Å²) in [7, 11) is 0. The molecule has 0 aliphatic rings. The van der Waals surface area contributed by atoms with Gasteiger partial charge in [-0.1, -0.05) is 13.8 Å². The first-order valence-electron chi connectivity index (χ1n) is 4.97. The molecule has 4 nitrogen and oxygen atoms in total.